The molecule has 8 amide bonds. The lowest BCUT2D eigenvalue weighted by Crippen LogP contribution is -2.58. The molecule has 0 bridgehead atoms. The SMILES string of the molecule is C/C=C/C(=O)OCC(C)(C)C(=O)C(=O)N1CCCC[C@H]1C(=O)N[C@H](CCc1ccc(OC)c(OC)c1)c1cccc(NC(=O)CCC(=O)NC(C(=O)N(C)[C@@H](Cc2ccccc2)C(=O)N2CCC[C@@H]2C(=O)N(C)[C@@H](CC(C)C)C(=O)N(C)CC)c2ccccc2)c1. The van der Waals surface area contributed by atoms with E-state index in [-0.39, 0.29) is 56.7 Å². The van der Waals surface area contributed by atoms with Crippen molar-refractivity contribution in [2.24, 2.45) is 11.3 Å². The normalized spacial score (nSPS) is 16.2. The number of carbonyl (C=O) groups is 10. The highest BCUT2D eigenvalue weighted by Crippen LogP contribution is 2.32. The van der Waals surface area contributed by atoms with Crippen LogP contribution in [-0.4, -0.2) is 169 Å². The van der Waals surface area contributed by atoms with E-state index < -0.39 is 88.9 Å². The van der Waals surface area contributed by atoms with Crippen LogP contribution in [0, 0.1) is 11.3 Å². The maximum Gasteiger partial charge on any atom is 0.330 e. The van der Waals surface area contributed by atoms with Crippen LogP contribution >= 0.6 is 0 Å². The van der Waals surface area contributed by atoms with E-state index in [0.29, 0.717) is 86.2 Å². The number of anilines is 1. The summed E-state index contributed by atoms with van der Waals surface area (Å²) in [7, 11) is 7.89. The van der Waals surface area contributed by atoms with Gasteiger partial charge in [-0.15, -0.1) is 0 Å². The minimum absolute atomic E-state index is 0.0909. The van der Waals surface area contributed by atoms with Crippen molar-refractivity contribution >= 4 is 64.7 Å². The number of ketones is 1. The van der Waals surface area contributed by atoms with E-state index >= 15 is 9.59 Å². The molecule has 21 nitrogen and oxygen atoms in total. The van der Waals surface area contributed by atoms with Gasteiger partial charge in [-0.25, -0.2) is 4.79 Å². The topological polar surface area (TPSA) is 251 Å². The van der Waals surface area contributed by atoms with Crippen molar-refractivity contribution in [3.8, 4) is 11.5 Å². The predicted molar refractivity (Wildman–Crippen MR) is 345 cm³/mol. The number of likely N-dealkylation sites (N-methyl/N-ethyl adjacent to an activating group) is 3. The quantitative estimate of drug-likeness (QED) is 0.0259. The highest BCUT2D eigenvalue weighted by molar-refractivity contribution is 6.38. The van der Waals surface area contributed by atoms with Gasteiger partial charge in [0.2, 0.25) is 47.1 Å². The van der Waals surface area contributed by atoms with Gasteiger partial charge in [0.25, 0.3) is 5.91 Å². The Hall–Kier alpha value is -8.88. The maximum absolute atomic E-state index is 15.1. The molecule has 0 spiro atoms. The van der Waals surface area contributed by atoms with Gasteiger partial charge in [-0.05, 0) is 131 Å². The van der Waals surface area contributed by atoms with Crippen LogP contribution in [-0.2, 0) is 65.5 Å². The second-order valence-corrected chi connectivity index (χ2v) is 24.5. The third-order valence-corrected chi connectivity index (χ3v) is 16.9. The Balaban J connectivity index is 1.19. The third-order valence-electron chi connectivity index (χ3n) is 16.9. The molecule has 6 rings (SSSR count). The minimum Gasteiger partial charge on any atom is -0.493 e. The van der Waals surface area contributed by atoms with Crippen molar-refractivity contribution in [2.75, 3.05) is 66.9 Å². The minimum atomic E-state index is -1.38. The number of nitrogens with zero attached hydrogens (tertiary/aromatic N) is 5. The van der Waals surface area contributed by atoms with Crippen molar-refractivity contribution in [3.63, 3.8) is 0 Å². The number of allylic oxidation sites excluding steroid dienone is 1. The van der Waals surface area contributed by atoms with Crippen LogP contribution in [0.3, 0.4) is 0 Å². The summed E-state index contributed by atoms with van der Waals surface area (Å²) in [6, 6.07) is 24.5. The van der Waals surface area contributed by atoms with Crippen LogP contribution < -0.4 is 25.4 Å². The summed E-state index contributed by atoms with van der Waals surface area (Å²) in [6.07, 6.45) is 5.77. The van der Waals surface area contributed by atoms with Gasteiger partial charge in [0, 0.05) is 71.8 Å². The molecule has 0 radical (unpaired) electrons. The number of Topliss-reactive ketones (excluding diaryl/α,β-unsaturated/α-hetero) is 1. The predicted octanol–water partition coefficient (Wildman–Crippen LogP) is 7.58. The molecule has 0 aromatic heterocycles. The zero-order valence-corrected chi connectivity index (χ0v) is 54.7. The molecule has 21 heteroatoms. The number of hydrogen-bond acceptors (Lipinski definition) is 13. The number of esters is 1. The molecule has 4 aromatic carbocycles. The average Bonchev–Trinajstić information content (AvgIpc) is 2.35. The lowest BCUT2D eigenvalue weighted by Gasteiger charge is -2.37. The first-order valence-electron chi connectivity index (χ1n) is 31.5. The number of amides is 8. The molecule has 91 heavy (non-hydrogen) atoms. The summed E-state index contributed by atoms with van der Waals surface area (Å²) in [5, 5.41) is 8.89. The number of carbonyl (C=O) groups excluding carboxylic acids is 10. The van der Waals surface area contributed by atoms with E-state index in [0.717, 1.165) is 11.1 Å². The van der Waals surface area contributed by atoms with Gasteiger partial charge in [-0.1, -0.05) is 98.8 Å². The fourth-order valence-corrected chi connectivity index (χ4v) is 11.5. The highest BCUT2D eigenvalue weighted by atomic mass is 16.5. The molecule has 6 atom stereocenters. The van der Waals surface area contributed by atoms with Crippen LogP contribution in [0.1, 0.15) is 134 Å². The van der Waals surface area contributed by atoms with Crippen LogP contribution in [0.2, 0.25) is 0 Å². The standard InChI is InChI=1S/C70H92N8O13/c1-12-24-61(81)91-45-70(5,6)63(82)69(88)77-39-21-20-31-53(77)64(83)72-52(35-33-48-34-36-57(89-10)58(43-48)90-11)50-29-22-30-51(44-50)71-59(79)37-38-60(80)73-62(49-27-18-15-19-28-49)68(87)76(9)56(42-47-25-16-14-17-26-47)67(86)78-40-23-32-54(78)66(85)75(8)55(41-46(3)4)65(84)74(7)13-2/h12,14-19,22,24-30,34,36,43-44,46,52-56,62H,13,20-21,23,31-33,35,37-42,45H2,1-11H3,(H,71,79)(H,72,83)(H,73,80)/b24-12+/t52-,53+,54-,55+,56+,62?/m1/s1. The Morgan fingerprint density at radius 2 is 1.33 bits per heavy atom. The Morgan fingerprint density at radius 3 is 1.99 bits per heavy atom. The summed E-state index contributed by atoms with van der Waals surface area (Å²) in [5.41, 5.74) is 1.65. The van der Waals surface area contributed by atoms with Gasteiger partial charge >= 0.3 is 5.97 Å². The summed E-state index contributed by atoms with van der Waals surface area (Å²) >= 11 is 0. The van der Waals surface area contributed by atoms with E-state index in [4.69, 9.17) is 14.2 Å². The number of nitrogens with one attached hydrogen (secondary N) is 3. The van der Waals surface area contributed by atoms with Gasteiger partial charge in [0.05, 0.1) is 25.7 Å². The van der Waals surface area contributed by atoms with E-state index in [9.17, 15) is 38.4 Å². The molecule has 2 saturated heterocycles. The molecule has 2 aliphatic rings. The van der Waals surface area contributed by atoms with Crippen molar-refractivity contribution in [2.45, 2.75) is 148 Å². The second-order valence-electron chi connectivity index (χ2n) is 24.5. The number of methoxy groups -OCH3 is 2. The Labute approximate surface area is 535 Å². The van der Waals surface area contributed by atoms with Gasteiger partial charge in [-0.2, -0.15) is 0 Å². The Bertz CT molecular complexity index is 3230. The Morgan fingerprint density at radius 1 is 0.681 bits per heavy atom. The van der Waals surface area contributed by atoms with E-state index in [2.05, 4.69) is 16.0 Å². The third kappa shape index (κ3) is 19.3. The number of aryl methyl sites for hydroxylation is 1. The zero-order chi connectivity index (χ0) is 66.5. The molecule has 4 aromatic rings. The lowest BCUT2D eigenvalue weighted by atomic mass is 9.87. The molecule has 1 unspecified atom stereocenters. The molecule has 3 N–H and O–H groups in total. The van der Waals surface area contributed by atoms with Gasteiger partial charge in [-0.3, -0.25) is 43.2 Å². The zero-order valence-electron chi connectivity index (χ0n) is 54.7. The van der Waals surface area contributed by atoms with Gasteiger partial charge < -0.3 is 54.7 Å². The highest BCUT2D eigenvalue weighted by Gasteiger charge is 2.45. The molecular formula is C70H92N8O13. The smallest absolute Gasteiger partial charge is 0.330 e. The van der Waals surface area contributed by atoms with Crippen molar-refractivity contribution < 1.29 is 62.2 Å². The monoisotopic (exact) mass is 1250 g/mol. The molecule has 490 valence electrons. The second kappa shape index (κ2) is 33.8. The number of ether oxygens (including phenoxy) is 3. The number of likely N-dealkylation sites (tertiary alicyclic amines) is 2. The largest absolute Gasteiger partial charge is 0.493 e. The molecular weight excluding hydrogens is 1160 g/mol. The average molecular weight is 1250 g/mol. The fraction of sp³-hybridized carbons (Fsp3) is 0.486. The number of rotatable bonds is 30. The molecule has 2 aliphatic heterocycles. The number of hydrogen-bond donors (Lipinski definition) is 3. The lowest BCUT2D eigenvalue weighted by molar-refractivity contribution is -0.157. The van der Waals surface area contributed by atoms with Crippen LogP contribution in [0.5, 0.6) is 11.5 Å². The van der Waals surface area contributed by atoms with Crippen molar-refractivity contribution in [1.82, 2.24) is 35.1 Å². The summed E-state index contributed by atoms with van der Waals surface area (Å²) < 4.78 is 16.3. The first kappa shape index (κ1) is 71.2. The summed E-state index contributed by atoms with van der Waals surface area (Å²) in [6.45, 7) is 11.1. The van der Waals surface area contributed by atoms with Crippen molar-refractivity contribution in [3.05, 3.63) is 138 Å². The summed E-state index contributed by atoms with van der Waals surface area (Å²) in [4.78, 5) is 148. The van der Waals surface area contributed by atoms with E-state index in [1.165, 1.54) is 66.9 Å². The first-order chi connectivity index (χ1) is 43.4. The number of benzene rings is 4. The molecule has 2 heterocycles. The molecule has 2 fully saturated rings. The number of piperidine rings is 1. The van der Waals surface area contributed by atoms with E-state index in [1.54, 1.807) is 86.6 Å². The van der Waals surface area contributed by atoms with Crippen LogP contribution in [0.15, 0.2) is 115 Å². The molecule has 0 aliphatic carbocycles. The fourth-order valence-electron chi connectivity index (χ4n) is 11.5. The maximum atomic E-state index is 15.1. The summed E-state index contributed by atoms with van der Waals surface area (Å²) in [5.74, 6) is -4.38. The Kier molecular flexibility index (Phi) is 26.4. The molecule has 0 saturated carbocycles. The first-order valence-corrected chi connectivity index (χ1v) is 31.5. The van der Waals surface area contributed by atoms with Gasteiger partial charge in [0.1, 0.15) is 36.8 Å². The van der Waals surface area contributed by atoms with Gasteiger partial charge in [0.15, 0.2) is 11.5 Å². The van der Waals surface area contributed by atoms with Crippen LogP contribution in [0.25, 0.3) is 0 Å². The van der Waals surface area contributed by atoms with Crippen LogP contribution in [0.4, 0.5) is 5.69 Å². The van der Waals surface area contributed by atoms with Crippen molar-refractivity contribution in [1.29, 1.82) is 0 Å². The van der Waals surface area contributed by atoms with E-state index in [1.807, 2.05) is 63.2 Å².